The summed E-state index contributed by atoms with van der Waals surface area (Å²) in [5, 5.41) is 14.5. The number of pyridine rings is 2. The Bertz CT molecular complexity index is 1750. The average Bonchev–Trinajstić information content (AvgIpc) is 3.21. The predicted octanol–water partition coefficient (Wildman–Crippen LogP) is 8.43. The Morgan fingerprint density at radius 1 is 0.397 bits per heavy atom. The highest BCUT2D eigenvalue weighted by atomic mass is 79.9. The summed E-state index contributed by atoms with van der Waals surface area (Å²) in [6.07, 6.45) is 4.45. The van der Waals surface area contributed by atoms with E-state index in [0.29, 0.717) is 0 Å². The van der Waals surface area contributed by atoms with Gasteiger partial charge in [-0.15, -0.1) is 102 Å². The second-order valence-electron chi connectivity index (χ2n) is 15.2. The zero-order valence-electron chi connectivity index (χ0n) is 36.0. The Labute approximate surface area is 439 Å². The maximum Gasteiger partial charge on any atom is 0.0545 e. The van der Waals surface area contributed by atoms with Crippen molar-refractivity contribution in [3.63, 3.8) is 0 Å². The van der Waals surface area contributed by atoms with Crippen LogP contribution in [0.4, 0.5) is 0 Å². The van der Waals surface area contributed by atoms with E-state index in [1.165, 1.54) is 27.8 Å². The Balaban J connectivity index is 0. The van der Waals surface area contributed by atoms with Crippen LogP contribution < -0.4 is 21.3 Å². The fourth-order valence-electron chi connectivity index (χ4n) is 8.05. The molecule has 0 spiro atoms. The van der Waals surface area contributed by atoms with Gasteiger partial charge < -0.3 is 32.2 Å². The molecule has 0 atom stereocenters. The smallest absolute Gasteiger partial charge is 0.0545 e. The van der Waals surface area contributed by atoms with Crippen LogP contribution in [0.25, 0.3) is 0 Å². The molecule has 0 amide bonds. The molecule has 0 radical (unpaired) electrons. The van der Waals surface area contributed by atoms with Crippen molar-refractivity contribution in [1.82, 2.24) is 41.0 Å². The highest BCUT2D eigenvalue weighted by Crippen LogP contribution is 2.33. The predicted molar refractivity (Wildman–Crippen MR) is 294 cm³/mol. The summed E-state index contributed by atoms with van der Waals surface area (Å²) < 4.78 is 0. The van der Waals surface area contributed by atoms with Gasteiger partial charge in [0.05, 0.1) is 22.8 Å². The molecule has 352 valence electrons. The third-order valence-electron chi connectivity index (χ3n) is 10.8. The largest absolute Gasteiger partial charge is 0.412 e. The number of hydrogen-bond acceptors (Lipinski definition) is 8. The summed E-state index contributed by atoms with van der Waals surface area (Å²) in [5.74, 6) is 0.164. The van der Waals surface area contributed by atoms with E-state index in [9.17, 15) is 0 Å². The molecule has 2 aliphatic rings. The first-order valence-corrected chi connectivity index (χ1v) is 20.6. The molecule has 2 aliphatic heterocycles. The average molecular weight is 1260 g/mol. The monoisotopic (exact) mass is 1250 g/mol. The lowest BCUT2D eigenvalue weighted by molar-refractivity contribution is 0.256. The van der Waals surface area contributed by atoms with Gasteiger partial charge in [0, 0.05) is 45.2 Å². The first-order valence-electron chi connectivity index (χ1n) is 20.6. The number of halogens is 6. The summed E-state index contributed by atoms with van der Waals surface area (Å²) in [5.41, 5.74) is 11.3. The van der Waals surface area contributed by atoms with Crippen molar-refractivity contribution in [3.8, 4) is 0 Å². The quantitative estimate of drug-likeness (QED) is 0.119. The van der Waals surface area contributed by atoms with E-state index in [2.05, 4.69) is 146 Å². The summed E-state index contributed by atoms with van der Waals surface area (Å²) in [7, 11) is 0. The van der Waals surface area contributed by atoms with E-state index >= 15 is 0 Å². The fourth-order valence-corrected chi connectivity index (χ4v) is 8.05. The van der Waals surface area contributed by atoms with E-state index < -0.39 is 0 Å². The first kappa shape index (κ1) is 63.6. The van der Waals surface area contributed by atoms with Gasteiger partial charge in [0.1, 0.15) is 0 Å². The molecule has 0 saturated heterocycles. The lowest BCUT2D eigenvalue weighted by Gasteiger charge is -2.25. The summed E-state index contributed by atoms with van der Waals surface area (Å²) in [6.45, 7) is 13.4. The molecule has 8 N–H and O–H groups in total. The van der Waals surface area contributed by atoms with E-state index in [1.54, 1.807) is 0 Å². The molecule has 0 aliphatic carbocycles. The number of nitrogens with one attached hydrogen (secondary N) is 4. The molecule has 0 unspecified atom stereocenters. The Kier molecular flexibility index (Phi) is 36.0. The van der Waals surface area contributed by atoms with Gasteiger partial charge in [0.2, 0.25) is 0 Å². The van der Waals surface area contributed by atoms with Crippen LogP contribution >= 0.6 is 102 Å². The second-order valence-corrected chi connectivity index (χ2v) is 15.2. The van der Waals surface area contributed by atoms with E-state index in [-0.39, 0.29) is 119 Å². The Hall–Kier alpha value is -1.48. The summed E-state index contributed by atoms with van der Waals surface area (Å²) in [6, 6.07) is 42.6. The first-order chi connectivity index (χ1) is 27.2. The molecule has 10 nitrogen and oxygen atoms in total. The molecule has 63 heavy (non-hydrogen) atoms. The lowest BCUT2D eigenvalue weighted by Crippen LogP contribution is -2.31. The van der Waals surface area contributed by atoms with Crippen molar-refractivity contribution in [3.05, 3.63) is 166 Å². The summed E-state index contributed by atoms with van der Waals surface area (Å²) >= 11 is 0. The van der Waals surface area contributed by atoms with E-state index in [0.717, 1.165) is 140 Å². The molecule has 4 bridgehead atoms. The van der Waals surface area contributed by atoms with Crippen molar-refractivity contribution < 1.29 is 11.0 Å². The molecular formula is C47H70Br6N8O2. The standard InChI is InChI=1S/C47H60N8.6BrH.2H2O/c1-2-14-40(15-3-1)47(41-16-4-12-38(30-41)36-54-26-8-22-48-32-43-18-6-19-44(52-43)33-49-23-9-27-54)42-17-5-13-39(31-42)37-55-28-10-24-50-34-45-20-7-21-46(53-45)35-51-25-11-29-55;;;;;;;;/h1-7,12-21,30-31,47-51H,8-11,22-29,32-37H2;6*1H;2*1H2. The van der Waals surface area contributed by atoms with Crippen molar-refractivity contribution in [2.75, 3.05) is 52.4 Å². The highest BCUT2D eigenvalue weighted by molar-refractivity contribution is 8.93. The van der Waals surface area contributed by atoms with Crippen molar-refractivity contribution >= 4 is 102 Å². The zero-order chi connectivity index (χ0) is 37.3. The third kappa shape index (κ3) is 21.4. The second kappa shape index (κ2) is 35.7. The number of fused-ring (bicyclic) bond motifs is 4. The van der Waals surface area contributed by atoms with Gasteiger partial charge in [-0.05, 0) is 130 Å². The van der Waals surface area contributed by atoms with Crippen LogP contribution in [0.5, 0.6) is 0 Å². The SMILES string of the molecule is Br.Br.Br.Br.Br.Br.O.O.c1ccc(C(c2cccc(CN3CCCNCc4cccc(n4)CNCCC3)c2)c2cccc(CN3CCCNCc4cccc(n4)CNCCC3)c2)cc1. The summed E-state index contributed by atoms with van der Waals surface area (Å²) in [4.78, 5) is 14.9. The number of hydrogen-bond donors (Lipinski definition) is 4. The third-order valence-corrected chi connectivity index (χ3v) is 10.8. The van der Waals surface area contributed by atoms with Crippen LogP contribution in [0.2, 0.25) is 0 Å². The minimum absolute atomic E-state index is 0. The number of aromatic nitrogens is 2. The van der Waals surface area contributed by atoms with Gasteiger partial charge in [-0.1, -0.05) is 91.0 Å². The van der Waals surface area contributed by atoms with E-state index in [1.807, 2.05) is 0 Å². The number of rotatable bonds is 7. The van der Waals surface area contributed by atoms with Crippen LogP contribution in [-0.2, 0) is 39.3 Å². The molecular weight excluding hydrogens is 1190 g/mol. The van der Waals surface area contributed by atoms with Crippen LogP contribution in [0.15, 0.2) is 115 Å². The van der Waals surface area contributed by atoms with Gasteiger partial charge in [-0.25, -0.2) is 0 Å². The lowest BCUT2D eigenvalue weighted by atomic mass is 9.84. The maximum absolute atomic E-state index is 4.81. The van der Waals surface area contributed by atoms with Crippen molar-refractivity contribution in [1.29, 1.82) is 0 Å². The maximum atomic E-state index is 4.81. The topological polar surface area (TPSA) is 143 Å². The molecule has 0 saturated carbocycles. The van der Waals surface area contributed by atoms with Gasteiger partial charge in [-0.2, -0.15) is 0 Å². The van der Waals surface area contributed by atoms with E-state index in [4.69, 9.17) is 9.97 Å². The van der Waals surface area contributed by atoms with Crippen LogP contribution in [0.1, 0.15) is 82.2 Å². The minimum atomic E-state index is 0. The zero-order valence-corrected chi connectivity index (χ0v) is 46.3. The normalized spacial score (nSPS) is 15.4. The van der Waals surface area contributed by atoms with Crippen LogP contribution in [0.3, 0.4) is 0 Å². The van der Waals surface area contributed by atoms with Gasteiger partial charge in [-0.3, -0.25) is 19.8 Å². The van der Waals surface area contributed by atoms with Crippen LogP contribution in [-0.4, -0.2) is 83.1 Å². The molecule has 4 heterocycles. The molecule has 16 heteroatoms. The van der Waals surface area contributed by atoms with Crippen molar-refractivity contribution in [2.45, 2.75) is 70.9 Å². The van der Waals surface area contributed by atoms with Crippen molar-refractivity contribution in [2.24, 2.45) is 0 Å². The Morgan fingerprint density at radius 3 is 1.06 bits per heavy atom. The Morgan fingerprint density at radius 2 is 0.714 bits per heavy atom. The molecule has 2 aromatic heterocycles. The number of benzene rings is 3. The molecule has 7 rings (SSSR count). The highest BCUT2D eigenvalue weighted by Gasteiger charge is 2.19. The molecule has 3 aromatic carbocycles. The van der Waals surface area contributed by atoms with Gasteiger partial charge in [0.15, 0.2) is 0 Å². The number of nitrogens with zero attached hydrogens (tertiary/aromatic N) is 4. The molecule has 0 fully saturated rings. The fraction of sp³-hybridized carbons (Fsp3) is 0.404. The molecule has 5 aromatic rings. The minimum Gasteiger partial charge on any atom is -0.412 e. The van der Waals surface area contributed by atoms with Gasteiger partial charge in [0.25, 0.3) is 0 Å². The van der Waals surface area contributed by atoms with Crippen LogP contribution in [0, 0.1) is 0 Å². The van der Waals surface area contributed by atoms with Gasteiger partial charge >= 0.3 is 0 Å².